The smallest absolute Gasteiger partial charge is 0.249 e. The molecule has 7 nitrogen and oxygen atoms in total. The summed E-state index contributed by atoms with van der Waals surface area (Å²) in [5.74, 6) is 0.324. The van der Waals surface area contributed by atoms with Gasteiger partial charge in [0.1, 0.15) is 11.9 Å². The van der Waals surface area contributed by atoms with Gasteiger partial charge < -0.3 is 5.32 Å². The predicted molar refractivity (Wildman–Crippen MR) is 81.6 cm³/mol. The van der Waals surface area contributed by atoms with Crippen molar-refractivity contribution in [3.05, 3.63) is 35.2 Å². The van der Waals surface area contributed by atoms with Crippen LogP contribution in [0.1, 0.15) is 29.4 Å². The summed E-state index contributed by atoms with van der Waals surface area (Å²) < 4.78 is 1.47. The second-order valence-corrected chi connectivity index (χ2v) is 5.50. The van der Waals surface area contributed by atoms with E-state index in [2.05, 4.69) is 20.7 Å². The molecule has 22 heavy (non-hydrogen) atoms. The Labute approximate surface area is 127 Å². The van der Waals surface area contributed by atoms with Gasteiger partial charge in [-0.2, -0.15) is 10.1 Å². The Hall–Kier alpha value is -2.70. The molecule has 0 saturated heterocycles. The third-order valence-corrected chi connectivity index (χ3v) is 3.60. The summed E-state index contributed by atoms with van der Waals surface area (Å²) in [6, 6.07) is 5.10. The van der Waals surface area contributed by atoms with E-state index in [1.54, 1.807) is 6.92 Å². The third-order valence-electron chi connectivity index (χ3n) is 3.60. The molecule has 2 N–H and O–H groups in total. The zero-order valence-electron chi connectivity index (χ0n) is 12.7. The number of hydrogen-bond donors (Lipinski definition) is 2. The summed E-state index contributed by atoms with van der Waals surface area (Å²) in [5.41, 5.74) is 2.84. The van der Waals surface area contributed by atoms with Gasteiger partial charge >= 0.3 is 0 Å². The second-order valence-electron chi connectivity index (χ2n) is 5.50. The van der Waals surface area contributed by atoms with Gasteiger partial charge in [0.15, 0.2) is 0 Å². The second kappa shape index (κ2) is 5.25. The molecule has 0 aliphatic carbocycles. The number of aryl methyl sites for hydroxylation is 3. The topological polar surface area (TPSA) is 88.9 Å². The maximum absolute atomic E-state index is 12.5. The summed E-state index contributed by atoms with van der Waals surface area (Å²) in [4.78, 5) is 28.4. The highest BCUT2D eigenvalue weighted by molar-refractivity contribution is 6.01. The fraction of sp³-hybridized carbons (Fsp3) is 0.333. The van der Waals surface area contributed by atoms with Gasteiger partial charge in [0, 0.05) is 5.69 Å². The van der Waals surface area contributed by atoms with Crippen LogP contribution >= 0.6 is 0 Å². The summed E-state index contributed by atoms with van der Waals surface area (Å²) in [5, 5.41) is 9.69. The predicted octanol–water partition coefficient (Wildman–Crippen LogP) is 1.73. The molecule has 0 saturated carbocycles. The quantitative estimate of drug-likeness (QED) is 0.883. The molecule has 3 rings (SSSR count). The summed E-state index contributed by atoms with van der Waals surface area (Å²) in [7, 11) is 0. The highest BCUT2D eigenvalue weighted by Gasteiger charge is 2.32. The molecule has 0 spiro atoms. The van der Waals surface area contributed by atoms with Crippen molar-refractivity contribution in [3.8, 4) is 0 Å². The number of nitrogens with one attached hydrogen (secondary N) is 2. The molecule has 2 aromatic rings. The van der Waals surface area contributed by atoms with Crippen LogP contribution in [0.3, 0.4) is 0 Å². The summed E-state index contributed by atoms with van der Waals surface area (Å²) in [6.45, 7) is 5.65. The van der Waals surface area contributed by atoms with Crippen LogP contribution < -0.4 is 10.6 Å². The van der Waals surface area contributed by atoms with Crippen LogP contribution in [-0.4, -0.2) is 26.6 Å². The number of aromatic nitrogens is 3. The average Bonchev–Trinajstić information content (AvgIpc) is 2.80. The van der Waals surface area contributed by atoms with Crippen molar-refractivity contribution in [3.63, 3.8) is 0 Å². The van der Waals surface area contributed by atoms with Gasteiger partial charge in [-0.3, -0.25) is 14.9 Å². The van der Waals surface area contributed by atoms with Gasteiger partial charge in [-0.25, -0.2) is 4.68 Å². The van der Waals surface area contributed by atoms with E-state index in [0.29, 0.717) is 11.8 Å². The van der Waals surface area contributed by atoms with Crippen LogP contribution in [0.15, 0.2) is 18.2 Å². The molecule has 1 aromatic carbocycles. The molecule has 1 aliphatic rings. The molecular formula is C15H17N5O2. The first-order valence-corrected chi connectivity index (χ1v) is 7.05. The van der Waals surface area contributed by atoms with E-state index in [9.17, 15) is 9.59 Å². The van der Waals surface area contributed by atoms with Crippen LogP contribution in [0.4, 0.5) is 11.6 Å². The summed E-state index contributed by atoms with van der Waals surface area (Å²) in [6.07, 6.45) is 0.0482. The molecule has 1 unspecified atom stereocenters. The Kier molecular flexibility index (Phi) is 3.40. The van der Waals surface area contributed by atoms with Crippen molar-refractivity contribution in [1.82, 2.24) is 14.8 Å². The fourth-order valence-electron chi connectivity index (χ4n) is 2.54. The van der Waals surface area contributed by atoms with Crippen molar-refractivity contribution >= 4 is 23.5 Å². The Morgan fingerprint density at radius 1 is 1.36 bits per heavy atom. The zero-order valence-corrected chi connectivity index (χ0v) is 12.7. The minimum atomic E-state index is -0.689. The lowest BCUT2D eigenvalue weighted by molar-refractivity contribution is -0.125. The highest BCUT2D eigenvalue weighted by atomic mass is 16.2. The van der Waals surface area contributed by atoms with Crippen LogP contribution in [0.2, 0.25) is 0 Å². The van der Waals surface area contributed by atoms with Crippen LogP contribution in [0.25, 0.3) is 0 Å². The van der Waals surface area contributed by atoms with Gasteiger partial charge in [0.05, 0.1) is 6.42 Å². The van der Waals surface area contributed by atoms with E-state index in [-0.39, 0.29) is 18.2 Å². The van der Waals surface area contributed by atoms with Crippen LogP contribution in [-0.2, 0) is 9.59 Å². The van der Waals surface area contributed by atoms with Crippen LogP contribution in [0, 0.1) is 20.8 Å². The molecule has 7 heteroatoms. The van der Waals surface area contributed by atoms with Crippen molar-refractivity contribution in [2.45, 2.75) is 33.2 Å². The monoisotopic (exact) mass is 299 g/mol. The number of rotatable bonds is 2. The van der Waals surface area contributed by atoms with E-state index in [0.717, 1.165) is 16.8 Å². The minimum absolute atomic E-state index is 0.0482. The lowest BCUT2D eigenvalue weighted by Crippen LogP contribution is -2.36. The Morgan fingerprint density at radius 2 is 2.14 bits per heavy atom. The minimum Gasteiger partial charge on any atom is -0.324 e. The lowest BCUT2D eigenvalue weighted by atomic mass is 10.1. The average molecular weight is 299 g/mol. The number of anilines is 2. The standard InChI is InChI=1S/C15H17N5O2/c1-8-4-5-11(9(2)6-8)17-14(22)12-7-13(21)18-15-16-10(3)19-20(12)15/h4-6,12H,7H2,1-3H3,(H,17,22)(H,16,18,19,21). The molecule has 1 aromatic heterocycles. The number of hydrogen-bond acceptors (Lipinski definition) is 4. The van der Waals surface area contributed by atoms with Gasteiger partial charge in [-0.05, 0) is 32.4 Å². The highest BCUT2D eigenvalue weighted by Crippen LogP contribution is 2.25. The van der Waals surface area contributed by atoms with Gasteiger partial charge in [-0.1, -0.05) is 17.7 Å². The first-order valence-electron chi connectivity index (χ1n) is 7.05. The largest absolute Gasteiger partial charge is 0.324 e. The van der Waals surface area contributed by atoms with E-state index in [1.165, 1.54) is 4.68 Å². The number of nitrogens with zero attached hydrogens (tertiary/aromatic N) is 3. The van der Waals surface area contributed by atoms with Crippen molar-refractivity contribution < 1.29 is 9.59 Å². The van der Waals surface area contributed by atoms with Crippen molar-refractivity contribution in [2.24, 2.45) is 0 Å². The van der Waals surface area contributed by atoms with Crippen molar-refractivity contribution in [1.29, 1.82) is 0 Å². The number of carbonyl (C=O) groups excluding carboxylic acids is 2. The number of carbonyl (C=O) groups is 2. The van der Waals surface area contributed by atoms with E-state index >= 15 is 0 Å². The Bertz CT molecular complexity index is 765. The SMILES string of the molecule is Cc1ccc(NC(=O)C2CC(=O)Nc3nc(C)nn32)c(C)c1. The molecule has 1 aliphatic heterocycles. The first kappa shape index (κ1) is 14.2. The molecule has 2 amide bonds. The maximum atomic E-state index is 12.5. The number of amides is 2. The Balaban J connectivity index is 1.87. The molecule has 1 atom stereocenters. The molecular weight excluding hydrogens is 282 g/mol. The molecule has 0 bridgehead atoms. The zero-order chi connectivity index (χ0) is 15.9. The lowest BCUT2D eigenvalue weighted by Gasteiger charge is -2.22. The van der Waals surface area contributed by atoms with Crippen molar-refractivity contribution in [2.75, 3.05) is 10.6 Å². The molecule has 2 heterocycles. The Morgan fingerprint density at radius 3 is 2.86 bits per heavy atom. The normalized spacial score (nSPS) is 16.9. The third kappa shape index (κ3) is 2.57. The fourth-order valence-corrected chi connectivity index (χ4v) is 2.54. The molecule has 0 fully saturated rings. The first-order chi connectivity index (χ1) is 10.4. The van der Waals surface area contributed by atoms with Gasteiger partial charge in [0.25, 0.3) is 0 Å². The number of benzene rings is 1. The molecule has 114 valence electrons. The van der Waals surface area contributed by atoms with Crippen LogP contribution in [0.5, 0.6) is 0 Å². The van der Waals surface area contributed by atoms with Gasteiger partial charge in [0.2, 0.25) is 17.8 Å². The number of fused-ring (bicyclic) bond motifs is 1. The maximum Gasteiger partial charge on any atom is 0.249 e. The van der Waals surface area contributed by atoms with E-state index in [1.807, 2.05) is 32.0 Å². The van der Waals surface area contributed by atoms with E-state index in [4.69, 9.17) is 0 Å². The van der Waals surface area contributed by atoms with E-state index < -0.39 is 6.04 Å². The summed E-state index contributed by atoms with van der Waals surface area (Å²) >= 11 is 0. The van der Waals surface area contributed by atoms with Gasteiger partial charge in [-0.15, -0.1) is 0 Å². The molecule has 0 radical (unpaired) electrons.